The van der Waals surface area contributed by atoms with Crippen LogP contribution in [0.25, 0.3) is 0 Å². The normalized spacial score (nSPS) is 12.9. The lowest BCUT2D eigenvalue weighted by atomic mass is 10.0. The number of hydrogen-bond donors (Lipinski definition) is 4. The second-order valence-corrected chi connectivity index (χ2v) is 10.5. The molecule has 0 heterocycles. The van der Waals surface area contributed by atoms with Gasteiger partial charge in [-0.2, -0.15) is 0 Å². The van der Waals surface area contributed by atoms with Crippen molar-refractivity contribution in [3.63, 3.8) is 0 Å². The molecule has 4 N–H and O–H groups in total. The molecule has 0 rings (SSSR count). The molecule has 0 bridgehead atoms. The van der Waals surface area contributed by atoms with Crippen LogP contribution in [0.15, 0.2) is 24.3 Å². The lowest BCUT2D eigenvalue weighted by molar-refractivity contribution is -0.150. The fraction of sp³-hybridized carbons (Fsp3) is 0.750. The zero-order chi connectivity index (χ0) is 30.6. The Bertz CT molecular complexity index is 767. The van der Waals surface area contributed by atoms with Crippen LogP contribution in [0.3, 0.4) is 0 Å². The third-order valence-corrected chi connectivity index (χ3v) is 6.68. The molecule has 0 aromatic rings. The molecule has 0 aliphatic carbocycles. The Labute approximate surface area is 247 Å². The Morgan fingerprint density at radius 1 is 0.732 bits per heavy atom. The molecule has 2 amide bonds. The number of carboxylic acid groups (broad SMARTS) is 1. The first kappa shape index (κ1) is 38.3. The van der Waals surface area contributed by atoms with E-state index in [-0.39, 0.29) is 30.9 Å². The number of carbonyl (C=O) groups excluding carboxylic acids is 3. The summed E-state index contributed by atoms with van der Waals surface area (Å²) in [7, 11) is 0. The zero-order valence-corrected chi connectivity index (χ0v) is 25.5. The van der Waals surface area contributed by atoms with Crippen molar-refractivity contribution in [1.82, 2.24) is 10.6 Å². The first-order chi connectivity index (χ1) is 19.8. The maximum atomic E-state index is 12.4. The summed E-state index contributed by atoms with van der Waals surface area (Å²) in [5.74, 6) is -2.42. The molecule has 0 spiro atoms. The largest absolute Gasteiger partial charge is 0.480 e. The van der Waals surface area contributed by atoms with Crippen LogP contribution in [0, 0.1) is 0 Å². The van der Waals surface area contributed by atoms with Gasteiger partial charge in [0.25, 0.3) is 0 Å². The summed E-state index contributed by atoms with van der Waals surface area (Å²) < 4.78 is 5.77. The monoisotopic (exact) mass is 580 g/mol. The smallest absolute Gasteiger partial charge is 0.328 e. The number of esters is 1. The van der Waals surface area contributed by atoms with Gasteiger partial charge in [-0.1, -0.05) is 83.1 Å². The fourth-order valence-corrected chi connectivity index (χ4v) is 4.21. The summed E-state index contributed by atoms with van der Waals surface area (Å²) >= 11 is 0. The third-order valence-electron chi connectivity index (χ3n) is 6.68. The van der Waals surface area contributed by atoms with Crippen molar-refractivity contribution in [2.45, 2.75) is 142 Å². The summed E-state index contributed by atoms with van der Waals surface area (Å²) in [6.07, 6.45) is 25.5. The molecule has 9 heteroatoms. The number of allylic oxidation sites excluding steroid dienone is 4. The Kier molecular flexibility index (Phi) is 25.7. The summed E-state index contributed by atoms with van der Waals surface area (Å²) in [5, 5.41) is 22.3. The van der Waals surface area contributed by atoms with Crippen LogP contribution in [0.4, 0.5) is 0 Å². The van der Waals surface area contributed by atoms with Gasteiger partial charge >= 0.3 is 11.9 Å². The van der Waals surface area contributed by atoms with E-state index in [1.165, 1.54) is 19.3 Å². The van der Waals surface area contributed by atoms with E-state index in [0.717, 1.165) is 77.0 Å². The molecule has 41 heavy (non-hydrogen) atoms. The highest BCUT2D eigenvalue weighted by atomic mass is 16.5. The van der Waals surface area contributed by atoms with Gasteiger partial charge in [0.1, 0.15) is 12.1 Å². The number of carboxylic acids is 1. The van der Waals surface area contributed by atoms with Crippen LogP contribution in [0.5, 0.6) is 0 Å². The Hall–Kier alpha value is -2.68. The minimum atomic E-state index is -1.39. The molecule has 0 aromatic heterocycles. The average Bonchev–Trinajstić information content (AvgIpc) is 2.95. The predicted molar refractivity (Wildman–Crippen MR) is 162 cm³/mol. The van der Waals surface area contributed by atoms with E-state index < -0.39 is 24.5 Å². The highest BCUT2D eigenvalue weighted by molar-refractivity contribution is 5.87. The van der Waals surface area contributed by atoms with E-state index in [1.54, 1.807) is 0 Å². The molecule has 0 saturated heterocycles. The maximum absolute atomic E-state index is 12.4. The third kappa shape index (κ3) is 24.8. The number of ether oxygens (including phenoxy) is 1. The van der Waals surface area contributed by atoms with Gasteiger partial charge in [0, 0.05) is 12.8 Å². The summed E-state index contributed by atoms with van der Waals surface area (Å²) in [6.45, 7) is 3.24. The Morgan fingerprint density at radius 2 is 1.37 bits per heavy atom. The molecule has 2 atom stereocenters. The molecule has 0 fully saturated rings. The average molecular weight is 581 g/mol. The molecular formula is C32H56N2O7. The van der Waals surface area contributed by atoms with E-state index >= 15 is 0 Å². The van der Waals surface area contributed by atoms with Gasteiger partial charge in [0.15, 0.2) is 0 Å². The van der Waals surface area contributed by atoms with Gasteiger partial charge < -0.3 is 25.6 Å². The first-order valence-electron chi connectivity index (χ1n) is 15.7. The number of unbranched alkanes of at least 4 members (excludes halogenated alkanes) is 9. The molecule has 236 valence electrons. The highest BCUT2D eigenvalue weighted by Gasteiger charge is 2.19. The summed E-state index contributed by atoms with van der Waals surface area (Å²) in [6, 6.07) is -1.39. The number of aliphatic carboxylic acids is 1. The van der Waals surface area contributed by atoms with Crippen LogP contribution >= 0.6 is 0 Å². The highest BCUT2D eigenvalue weighted by Crippen LogP contribution is 2.16. The Morgan fingerprint density at radius 3 is 2.05 bits per heavy atom. The number of carbonyl (C=O) groups is 4. The minimum Gasteiger partial charge on any atom is -0.480 e. The van der Waals surface area contributed by atoms with Crippen molar-refractivity contribution in [1.29, 1.82) is 0 Å². The van der Waals surface area contributed by atoms with E-state index in [9.17, 15) is 19.2 Å². The second-order valence-electron chi connectivity index (χ2n) is 10.5. The van der Waals surface area contributed by atoms with Crippen LogP contribution in [0.1, 0.15) is 129 Å². The second kappa shape index (κ2) is 27.5. The van der Waals surface area contributed by atoms with Crippen molar-refractivity contribution < 1.29 is 34.1 Å². The molecule has 2 unspecified atom stereocenters. The van der Waals surface area contributed by atoms with Crippen molar-refractivity contribution in [3.05, 3.63) is 24.3 Å². The SMILES string of the molecule is CCC/C=C\C/C=C\CCCCCCCC(=O)OC(CCCC)CCCCCC(=O)NCC(=O)NC(CO)C(=O)O. The van der Waals surface area contributed by atoms with Crippen LogP contribution in [-0.4, -0.2) is 59.3 Å². The predicted octanol–water partition coefficient (Wildman–Crippen LogP) is 5.75. The maximum Gasteiger partial charge on any atom is 0.328 e. The molecule has 0 aromatic carbocycles. The van der Waals surface area contributed by atoms with Crippen LogP contribution in [-0.2, 0) is 23.9 Å². The zero-order valence-electron chi connectivity index (χ0n) is 25.5. The quantitative estimate of drug-likeness (QED) is 0.0550. The molecule has 9 nitrogen and oxygen atoms in total. The molecule has 0 aliphatic heterocycles. The lowest BCUT2D eigenvalue weighted by Crippen LogP contribution is -2.47. The molecule has 0 radical (unpaired) electrons. The van der Waals surface area contributed by atoms with E-state index in [1.807, 2.05) is 0 Å². The van der Waals surface area contributed by atoms with Crippen molar-refractivity contribution in [3.8, 4) is 0 Å². The van der Waals surface area contributed by atoms with Gasteiger partial charge in [-0.3, -0.25) is 14.4 Å². The number of aliphatic hydroxyl groups is 1. The molecular weight excluding hydrogens is 524 g/mol. The van der Waals surface area contributed by atoms with Crippen molar-refractivity contribution >= 4 is 23.8 Å². The van der Waals surface area contributed by atoms with E-state index in [4.69, 9.17) is 14.9 Å². The minimum absolute atomic E-state index is 0.0858. The molecule has 0 saturated carbocycles. The number of hydrogen-bond acceptors (Lipinski definition) is 6. The lowest BCUT2D eigenvalue weighted by Gasteiger charge is -2.18. The van der Waals surface area contributed by atoms with Gasteiger partial charge in [-0.15, -0.1) is 0 Å². The fourth-order valence-electron chi connectivity index (χ4n) is 4.21. The van der Waals surface area contributed by atoms with Crippen molar-refractivity contribution in [2.24, 2.45) is 0 Å². The van der Waals surface area contributed by atoms with E-state index in [2.05, 4.69) is 48.8 Å². The van der Waals surface area contributed by atoms with Crippen molar-refractivity contribution in [2.75, 3.05) is 13.2 Å². The topological polar surface area (TPSA) is 142 Å². The number of aliphatic hydroxyl groups excluding tert-OH is 1. The van der Waals surface area contributed by atoms with Crippen LogP contribution < -0.4 is 10.6 Å². The van der Waals surface area contributed by atoms with E-state index in [0.29, 0.717) is 12.8 Å². The van der Waals surface area contributed by atoms with Gasteiger partial charge in [-0.25, -0.2) is 4.79 Å². The number of nitrogens with one attached hydrogen (secondary N) is 2. The van der Waals surface area contributed by atoms with Gasteiger partial charge in [0.05, 0.1) is 13.2 Å². The Balaban J connectivity index is 3.98. The molecule has 0 aliphatic rings. The first-order valence-corrected chi connectivity index (χ1v) is 15.7. The summed E-state index contributed by atoms with van der Waals surface area (Å²) in [4.78, 5) is 46.8. The van der Waals surface area contributed by atoms with Gasteiger partial charge in [-0.05, 0) is 57.8 Å². The van der Waals surface area contributed by atoms with Crippen LogP contribution in [0.2, 0.25) is 0 Å². The summed E-state index contributed by atoms with van der Waals surface area (Å²) in [5.41, 5.74) is 0. The van der Waals surface area contributed by atoms with Gasteiger partial charge in [0.2, 0.25) is 11.8 Å². The number of rotatable bonds is 27. The standard InChI is InChI=1S/C32H56N2O7/c1-3-5-7-8-9-10-11-12-13-14-15-16-20-24-31(38)41-27(21-6-4-2)22-18-17-19-23-29(36)33-25-30(37)34-28(26-35)32(39)40/h7-8,10-11,27-28,35H,3-6,9,12-26H2,1-2H3,(H,33,36)(H,34,37)(H,39,40)/b8-7-,11-10-. The number of amides is 2.